The molecular weight excluding hydrogens is 472 g/mol. The predicted molar refractivity (Wildman–Crippen MR) is 131 cm³/mol. The molecule has 8 nitrogen and oxygen atoms in total. The molecule has 3 saturated heterocycles. The van der Waals surface area contributed by atoms with Crippen molar-refractivity contribution in [3.05, 3.63) is 41.4 Å². The van der Waals surface area contributed by atoms with E-state index in [0.717, 1.165) is 5.56 Å². The molecule has 2 bridgehead atoms. The molecule has 4 rings (SSSR count). The largest absolute Gasteiger partial charge is 0.481 e. The van der Waals surface area contributed by atoms with E-state index in [1.165, 1.54) is 9.80 Å². The Bertz CT molecular complexity index is 1020. The highest BCUT2D eigenvalue weighted by Crippen LogP contribution is 2.59. The summed E-state index contributed by atoms with van der Waals surface area (Å²) in [6, 6.07) is 3.60. The van der Waals surface area contributed by atoms with Crippen LogP contribution in [-0.2, 0) is 19.1 Å². The number of amides is 2. The lowest BCUT2D eigenvalue weighted by Crippen LogP contribution is -2.59. The fraction of sp³-hybridized carbons (Fsp3) is 0.577. The summed E-state index contributed by atoms with van der Waals surface area (Å²) in [7, 11) is 0. The fourth-order valence-corrected chi connectivity index (χ4v) is 6.72. The Kier molecular flexibility index (Phi) is 7.01. The lowest BCUT2D eigenvalue weighted by Gasteiger charge is -2.40. The average Bonchev–Trinajstić information content (AvgIpc) is 3.43. The summed E-state index contributed by atoms with van der Waals surface area (Å²) < 4.78 is 6.29. The molecule has 2 unspecified atom stereocenters. The number of rotatable bonds is 9. The molecule has 9 heteroatoms. The summed E-state index contributed by atoms with van der Waals surface area (Å²) in [5.74, 6) is -3.82. The van der Waals surface area contributed by atoms with Crippen molar-refractivity contribution < 1.29 is 29.3 Å². The van der Waals surface area contributed by atoms with Gasteiger partial charge in [0.2, 0.25) is 5.91 Å². The van der Waals surface area contributed by atoms with Gasteiger partial charge in [-0.2, -0.15) is 0 Å². The minimum absolute atomic E-state index is 0.135. The number of aryl methyl sites for hydroxylation is 1. The summed E-state index contributed by atoms with van der Waals surface area (Å²) in [5.41, 5.74) is 0.0255. The molecule has 2 amide bonds. The number of halogens is 1. The second kappa shape index (κ2) is 9.56. The molecule has 0 aromatic heterocycles. The maximum Gasteiger partial charge on any atom is 0.310 e. The number of carboxylic acid groups (broad SMARTS) is 1. The lowest BCUT2D eigenvalue weighted by atomic mass is 9.70. The van der Waals surface area contributed by atoms with Crippen molar-refractivity contribution in [2.75, 3.05) is 18.1 Å². The molecule has 3 aliphatic rings. The number of carboxylic acids is 1. The Hall–Kier alpha value is -2.42. The summed E-state index contributed by atoms with van der Waals surface area (Å²) in [6.07, 6.45) is 2.28. The van der Waals surface area contributed by atoms with E-state index in [4.69, 9.17) is 16.3 Å². The highest BCUT2D eigenvalue weighted by molar-refractivity contribution is 6.34. The SMILES string of the molecule is C=CCN(C(=O)C1N([C@@H](CO)CC(C)C)C(=O)[C@@H]2[C@@H](C(=O)O)[C@H]3CCC12O3)c1c(C)cccc1Cl. The highest BCUT2D eigenvalue weighted by atomic mass is 35.5. The van der Waals surface area contributed by atoms with Crippen LogP contribution in [0.15, 0.2) is 30.9 Å². The Morgan fingerprint density at radius 2 is 2.11 bits per heavy atom. The summed E-state index contributed by atoms with van der Waals surface area (Å²) in [6.45, 7) is 9.38. The number of fused-ring (bicyclic) bond motifs is 1. The van der Waals surface area contributed by atoms with Gasteiger partial charge in [0.1, 0.15) is 11.6 Å². The highest BCUT2D eigenvalue weighted by Gasteiger charge is 2.75. The van der Waals surface area contributed by atoms with Crippen molar-refractivity contribution in [2.45, 2.75) is 63.8 Å². The van der Waals surface area contributed by atoms with Gasteiger partial charge in [-0.3, -0.25) is 14.4 Å². The maximum atomic E-state index is 14.4. The smallest absolute Gasteiger partial charge is 0.310 e. The number of likely N-dealkylation sites (tertiary alicyclic amines) is 1. The minimum atomic E-state index is -1.26. The van der Waals surface area contributed by atoms with Gasteiger partial charge < -0.3 is 24.7 Å². The van der Waals surface area contributed by atoms with Gasteiger partial charge in [-0.1, -0.05) is 43.7 Å². The van der Waals surface area contributed by atoms with E-state index in [9.17, 15) is 24.6 Å². The van der Waals surface area contributed by atoms with E-state index in [-0.39, 0.29) is 19.1 Å². The standard InChI is InChI=1S/C26H33ClN2O6/c1-5-11-28(21-15(4)7-6-8-17(21)27)24(32)22-26-10-9-18(35-26)19(25(33)34)20(26)23(31)29(22)16(13-30)12-14(2)3/h5-8,14,16,18-20,22,30H,1,9-13H2,2-4H3,(H,33,34)/t16-,18-,19+,20+,22?,26?/m1/s1. The number of para-hydroxylation sites is 1. The number of ether oxygens (including phenoxy) is 1. The monoisotopic (exact) mass is 504 g/mol. The maximum absolute atomic E-state index is 14.4. The molecule has 3 aliphatic heterocycles. The number of carbonyl (C=O) groups excluding carboxylic acids is 2. The van der Waals surface area contributed by atoms with Gasteiger partial charge in [0.15, 0.2) is 0 Å². The summed E-state index contributed by atoms with van der Waals surface area (Å²) >= 11 is 6.53. The molecule has 1 aromatic carbocycles. The Morgan fingerprint density at radius 1 is 1.40 bits per heavy atom. The van der Waals surface area contributed by atoms with Crippen molar-refractivity contribution in [2.24, 2.45) is 17.8 Å². The lowest BCUT2D eigenvalue weighted by molar-refractivity contribution is -0.151. The molecule has 6 atom stereocenters. The molecule has 0 radical (unpaired) electrons. The van der Waals surface area contributed by atoms with Gasteiger partial charge >= 0.3 is 5.97 Å². The molecule has 0 aliphatic carbocycles. The number of hydrogen-bond acceptors (Lipinski definition) is 5. The Labute approximate surface area is 210 Å². The topological polar surface area (TPSA) is 107 Å². The van der Waals surface area contributed by atoms with E-state index in [1.54, 1.807) is 18.2 Å². The average molecular weight is 505 g/mol. The van der Waals surface area contributed by atoms with Crippen molar-refractivity contribution >= 4 is 35.1 Å². The number of aliphatic hydroxyl groups is 1. The normalized spacial score (nSPS) is 30.0. The van der Waals surface area contributed by atoms with Crippen LogP contribution in [0.25, 0.3) is 0 Å². The molecule has 3 fully saturated rings. The second-order valence-electron chi connectivity index (χ2n) is 10.2. The number of carbonyl (C=O) groups is 3. The number of aliphatic hydroxyl groups excluding tert-OH is 1. The quantitative estimate of drug-likeness (QED) is 0.500. The van der Waals surface area contributed by atoms with Crippen LogP contribution in [0, 0.1) is 24.7 Å². The minimum Gasteiger partial charge on any atom is -0.481 e. The van der Waals surface area contributed by atoms with Gasteiger partial charge in [0.05, 0.1) is 41.3 Å². The van der Waals surface area contributed by atoms with Crippen LogP contribution in [0.1, 0.15) is 38.7 Å². The van der Waals surface area contributed by atoms with Crippen LogP contribution in [0.2, 0.25) is 5.02 Å². The zero-order valence-corrected chi connectivity index (χ0v) is 21.1. The first kappa shape index (κ1) is 25.7. The van der Waals surface area contributed by atoms with Crippen molar-refractivity contribution in [1.29, 1.82) is 0 Å². The molecular formula is C26H33ClN2O6. The van der Waals surface area contributed by atoms with Gasteiger partial charge in [-0.25, -0.2) is 0 Å². The van der Waals surface area contributed by atoms with Crippen LogP contribution in [0.3, 0.4) is 0 Å². The third kappa shape index (κ3) is 3.96. The van der Waals surface area contributed by atoms with E-state index in [2.05, 4.69) is 6.58 Å². The third-order valence-corrected chi connectivity index (χ3v) is 7.95. The van der Waals surface area contributed by atoms with Gasteiger partial charge in [0.25, 0.3) is 5.91 Å². The van der Waals surface area contributed by atoms with Crippen molar-refractivity contribution in [3.63, 3.8) is 0 Å². The number of hydrogen-bond donors (Lipinski definition) is 2. The van der Waals surface area contributed by atoms with Crippen molar-refractivity contribution in [1.82, 2.24) is 4.90 Å². The van der Waals surface area contributed by atoms with Crippen LogP contribution in [0.4, 0.5) is 5.69 Å². The fourth-order valence-electron chi connectivity index (χ4n) is 6.40. The van der Waals surface area contributed by atoms with Crippen LogP contribution in [-0.4, -0.2) is 69.8 Å². The van der Waals surface area contributed by atoms with Gasteiger partial charge in [-0.05, 0) is 43.7 Å². The van der Waals surface area contributed by atoms with Crippen LogP contribution < -0.4 is 4.90 Å². The Morgan fingerprint density at radius 3 is 2.69 bits per heavy atom. The molecule has 0 saturated carbocycles. The molecule has 190 valence electrons. The summed E-state index contributed by atoms with van der Waals surface area (Å²) in [4.78, 5) is 43.4. The van der Waals surface area contributed by atoms with Crippen LogP contribution in [0.5, 0.6) is 0 Å². The second-order valence-corrected chi connectivity index (χ2v) is 10.7. The third-order valence-electron chi connectivity index (χ3n) is 7.64. The van der Waals surface area contributed by atoms with Gasteiger partial charge in [0, 0.05) is 6.54 Å². The zero-order valence-electron chi connectivity index (χ0n) is 20.3. The number of nitrogens with zero attached hydrogens (tertiary/aromatic N) is 2. The van der Waals surface area contributed by atoms with E-state index in [1.807, 2.05) is 26.8 Å². The molecule has 1 aromatic rings. The van der Waals surface area contributed by atoms with E-state index >= 15 is 0 Å². The summed E-state index contributed by atoms with van der Waals surface area (Å²) in [5, 5.41) is 20.6. The molecule has 3 heterocycles. The number of aliphatic carboxylic acids is 1. The molecule has 2 N–H and O–H groups in total. The first-order valence-electron chi connectivity index (χ1n) is 12.1. The zero-order chi connectivity index (χ0) is 25.7. The molecule has 35 heavy (non-hydrogen) atoms. The first-order valence-corrected chi connectivity index (χ1v) is 12.5. The van der Waals surface area contributed by atoms with E-state index < -0.39 is 53.4 Å². The predicted octanol–water partition coefficient (Wildman–Crippen LogP) is 3.03. The number of anilines is 1. The number of benzene rings is 1. The molecule has 1 spiro atoms. The van der Waals surface area contributed by atoms with Gasteiger partial charge in [-0.15, -0.1) is 6.58 Å². The van der Waals surface area contributed by atoms with Crippen LogP contribution >= 0.6 is 11.6 Å². The van der Waals surface area contributed by atoms with E-state index in [0.29, 0.717) is 30.0 Å². The van der Waals surface area contributed by atoms with Crippen molar-refractivity contribution in [3.8, 4) is 0 Å². The first-order chi connectivity index (χ1) is 16.6. The Balaban J connectivity index is 1.87.